The first-order chi connectivity index (χ1) is 13.2. The Labute approximate surface area is 164 Å². The summed E-state index contributed by atoms with van der Waals surface area (Å²) in [6.45, 7) is 8.63. The van der Waals surface area contributed by atoms with E-state index in [1.807, 2.05) is 45.9 Å². The summed E-state index contributed by atoms with van der Waals surface area (Å²) in [4.78, 5) is 41.2. The Morgan fingerprint density at radius 3 is 2.36 bits per heavy atom. The summed E-state index contributed by atoms with van der Waals surface area (Å²) >= 11 is 0. The molecule has 0 aliphatic rings. The molecule has 8 heteroatoms. The van der Waals surface area contributed by atoms with Crippen LogP contribution in [-0.4, -0.2) is 28.5 Å². The van der Waals surface area contributed by atoms with Gasteiger partial charge in [-0.25, -0.2) is 4.79 Å². The van der Waals surface area contributed by atoms with E-state index >= 15 is 0 Å². The van der Waals surface area contributed by atoms with Crippen molar-refractivity contribution in [3.63, 3.8) is 0 Å². The molecule has 0 fully saturated rings. The number of carbonyl (C=O) groups is 1. The Hall–Kier alpha value is -3.03. The molecule has 1 amide bonds. The number of hydrogen-bond acceptors (Lipinski definition) is 5. The third-order valence-corrected chi connectivity index (χ3v) is 4.06. The van der Waals surface area contributed by atoms with Gasteiger partial charge >= 0.3 is 5.69 Å². The van der Waals surface area contributed by atoms with Crippen LogP contribution < -0.4 is 27.2 Å². The van der Waals surface area contributed by atoms with E-state index < -0.39 is 11.2 Å². The van der Waals surface area contributed by atoms with Crippen LogP contribution in [-0.2, 0) is 11.3 Å². The van der Waals surface area contributed by atoms with Crippen molar-refractivity contribution in [1.29, 1.82) is 0 Å². The SMILES string of the molecule is CC(C)CN(CC(=O)Nc1ccccc1)c1c(N)n(CC(C)C)c(=O)[nH]c1=O. The minimum atomic E-state index is -0.587. The predicted octanol–water partition coefficient (Wildman–Crippen LogP) is 1.88. The molecule has 0 aliphatic carbocycles. The molecule has 0 saturated heterocycles. The van der Waals surface area contributed by atoms with Gasteiger partial charge in [-0.3, -0.25) is 19.1 Å². The number of aromatic nitrogens is 2. The molecule has 0 bridgehead atoms. The predicted molar refractivity (Wildman–Crippen MR) is 113 cm³/mol. The molecular formula is C20H29N5O3. The van der Waals surface area contributed by atoms with Gasteiger partial charge in [0.1, 0.15) is 11.5 Å². The summed E-state index contributed by atoms with van der Waals surface area (Å²) in [5.41, 5.74) is 5.90. The maximum absolute atomic E-state index is 12.6. The van der Waals surface area contributed by atoms with Crippen LogP contribution in [0.15, 0.2) is 39.9 Å². The monoisotopic (exact) mass is 387 g/mol. The molecule has 8 nitrogen and oxygen atoms in total. The lowest BCUT2D eigenvalue weighted by Crippen LogP contribution is -2.43. The van der Waals surface area contributed by atoms with E-state index in [0.717, 1.165) is 0 Å². The molecule has 0 unspecified atom stereocenters. The first-order valence-electron chi connectivity index (χ1n) is 9.41. The van der Waals surface area contributed by atoms with Crippen LogP contribution in [0.2, 0.25) is 0 Å². The summed E-state index contributed by atoms with van der Waals surface area (Å²) in [6, 6.07) is 9.08. The third kappa shape index (κ3) is 5.48. The molecule has 0 atom stereocenters. The van der Waals surface area contributed by atoms with Gasteiger partial charge in [0.25, 0.3) is 5.56 Å². The van der Waals surface area contributed by atoms with Gasteiger partial charge in [0.05, 0.1) is 6.54 Å². The molecule has 2 aromatic rings. The Kier molecular flexibility index (Phi) is 7.03. The van der Waals surface area contributed by atoms with Crippen molar-refractivity contribution in [3.05, 3.63) is 51.2 Å². The van der Waals surface area contributed by atoms with Crippen molar-refractivity contribution in [3.8, 4) is 0 Å². The smallest absolute Gasteiger partial charge is 0.330 e. The fourth-order valence-electron chi connectivity index (χ4n) is 3.00. The summed E-state index contributed by atoms with van der Waals surface area (Å²) in [5.74, 6) is 0.148. The molecule has 0 spiro atoms. The highest BCUT2D eigenvalue weighted by molar-refractivity contribution is 5.94. The zero-order valence-corrected chi connectivity index (χ0v) is 16.9. The van der Waals surface area contributed by atoms with E-state index in [4.69, 9.17) is 5.73 Å². The Morgan fingerprint density at radius 1 is 1.14 bits per heavy atom. The number of aromatic amines is 1. The minimum absolute atomic E-state index is 0.0553. The van der Waals surface area contributed by atoms with Gasteiger partial charge in [-0.05, 0) is 24.0 Å². The number of rotatable bonds is 8. The zero-order chi connectivity index (χ0) is 20.8. The number of nitrogen functional groups attached to an aromatic ring is 1. The lowest BCUT2D eigenvalue weighted by Gasteiger charge is -2.27. The number of benzene rings is 1. The number of nitrogens with one attached hydrogen (secondary N) is 2. The van der Waals surface area contributed by atoms with Gasteiger partial charge in [-0.1, -0.05) is 45.9 Å². The van der Waals surface area contributed by atoms with Crippen LogP contribution in [0.25, 0.3) is 0 Å². The molecule has 0 saturated carbocycles. The molecule has 152 valence electrons. The lowest BCUT2D eigenvalue weighted by molar-refractivity contribution is -0.115. The molecule has 2 rings (SSSR count). The van der Waals surface area contributed by atoms with Gasteiger partial charge in [-0.15, -0.1) is 0 Å². The summed E-state index contributed by atoms with van der Waals surface area (Å²) in [5, 5.41) is 2.81. The number of H-pyrrole nitrogens is 1. The van der Waals surface area contributed by atoms with Gasteiger partial charge in [0.2, 0.25) is 5.91 Å². The first kappa shape index (κ1) is 21.3. The maximum Gasteiger partial charge on any atom is 0.330 e. The lowest BCUT2D eigenvalue weighted by atomic mass is 10.2. The summed E-state index contributed by atoms with van der Waals surface area (Å²) < 4.78 is 1.35. The van der Waals surface area contributed by atoms with Crippen molar-refractivity contribution in [2.24, 2.45) is 11.8 Å². The molecule has 1 aromatic heterocycles. The van der Waals surface area contributed by atoms with Gasteiger partial charge in [0, 0.05) is 18.8 Å². The number of amides is 1. The van der Waals surface area contributed by atoms with E-state index in [1.54, 1.807) is 17.0 Å². The van der Waals surface area contributed by atoms with Gasteiger partial charge in [0.15, 0.2) is 0 Å². The van der Waals surface area contributed by atoms with Crippen LogP contribution in [0.5, 0.6) is 0 Å². The average Bonchev–Trinajstić information content (AvgIpc) is 2.58. The van der Waals surface area contributed by atoms with E-state index in [0.29, 0.717) is 18.8 Å². The number of nitrogens with zero attached hydrogens (tertiary/aromatic N) is 2. The van der Waals surface area contributed by atoms with Crippen molar-refractivity contribution in [2.45, 2.75) is 34.2 Å². The second kappa shape index (κ2) is 9.25. The third-order valence-electron chi connectivity index (χ3n) is 4.06. The fourth-order valence-corrected chi connectivity index (χ4v) is 3.00. The van der Waals surface area contributed by atoms with Crippen LogP contribution in [0.3, 0.4) is 0 Å². The first-order valence-corrected chi connectivity index (χ1v) is 9.41. The highest BCUT2D eigenvalue weighted by atomic mass is 16.2. The Morgan fingerprint density at radius 2 is 1.79 bits per heavy atom. The van der Waals surface area contributed by atoms with E-state index in [-0.39, 0.29) is 35.8 Å². The standard InChI is InChI=1S/C20H29N5O3/c1-13(2)10-24(12-16(26)22-15-8-6-5-7-9-15)17-18(21)25(11-14(3)4)20(28)23-19(17)27/h5-9,13-14H,10-12,21H2,1-4H3,(H,22,26)(H,23,27,28). The second-order valence-electron chi connectivity index (χ2n) is 7.69. The number of hydrogen-bond donors (Lipinski definition) is 3. The van der Waals surface area contributed by atoms with E-state index in [9.17, 15) is 14.4 Å². The number of anilines is 3. The largest absolute Gasteiger partial charge is 0.383 e. The molecular weight excluding hydrogens is 358 g/mol. The van der Waals surface area contributed by atoms with Crippen LogP contribution in [0.4, 0.5) is 17.2 Å². The molecule has 4 N–H and O–H groups in total. The summed E-state index contributed by atoms with van der Waals surface area (Å²) in [6.07, 6.45) is 0. The van der Waals surface area contributed by atoms with Crippen molar-refractivity contribution in [1.82, 2.24) is 9.55 Å². The van der Waals surface area contributed by atoms with Crippen molar-refractivity contribution >= 4 is 23.1 Å². The normalized spacial score (nSPS) is 11.1. The van der Waals surface area contributed by atoms with Crippen LogP contribution in [0, 0.1) is 11.8 Å². The van der Waals surface area contributed by atoms with Crippen molar-refractivity contribution < 1.29 is 4.79 Å². The van der Waals surface area contributed by atoms with Crippen LogP contribution in [0.1, 0.15) is 27.7 Å². The summed E-state index contributed by atoms with van der Waals surface area (Å²) in [7, 11) is 0. The number of para-hydroxylation sites is 1. The van der Waals surface area contributed by atoms with Gasteiger partial charge < -0.3 is 16.0 Å². The van der Waals surface area contributed by atoms with Gasteiger partial charge in [-0.2, -0.15) is 0 Å². The second-order valence-corrected chi connectivity index (χ2v) is 7.69. The molecule has 1 heterocycles. The molecule has 0 radical (unpaired) electrons. The fraction of sp³-hybridized carbons (Fsp3) is 0.450. The Bertz CT molecular complexity index is 916. The zero-order valence-electron chi connectivity index (χ0n) is 16.9. The van der Waals surface area contributed by atoms with Crippen molar-refractivity contribution in [2.75, 3.05) is 29.0 Å². The molecule has 1 aromatic carbocycles. The molecule has 28 heavy (non-hydrogen) atoms. The Balaban J connectivity index is 2.38. The quantitative estimate of drug-likeness (QED) is 0.640. The number of nitrogens with two attached hydrogens (primary N) is 1. The van der Waals surface area contributed by atoms with E-state index in [2.05, 4.69) is 10.3 Å². The maximum atomic E-state index is 12.6. The van der Waals surface area contributed by atoms with E-state index in [1.165, 1.54) is 4.57 Å². The van der Waals surface area contributed by atoms with Crippen LogP contribution >= 0.6 is 0 Å². The average molecular weight is 387 g/mol. The number of carbonyl (C=O) groups excluding carboxylic acids is 1. The molecule has 0 aliphatic heterocycles. The highest BCUT2D eigenvalue weighted by Gasteiger charge is 2.22. The topological polar surface area (TPSA) is 113 Å². The highest BCUT2D eigenvalue weighted by Crippen LogP contribution is 2.19. The minimum Gasteiger partial charge on any atom is -0.383 e.